The Kier molecular flexibility index (Phi) is 15.8. The number of benzene rings is 3. The van der Waals surface area contributed by atoms with Crippen LogP contribution in [0.4, 0.5) is 0 Å². The summed E-state index contributed by atoms with van der Waals surface area (Å²) in [5, 5.41) is 2.07. The first-order valence-corrected chi connectivity index (χ1v) is 11.7. The maximum Gasteiger partial charge on any atom is 0.338 e. The average molecular weight is 519 g/mol. The first-order valence-electron chi connectivity index (χ1n) is 11.7. The molecule has 0 amide bonds. The number of fused-ring (bicyclic) bond motifs is 1. The number of hydrogen-bond acceptors (Lipinski definition) is 6. The number of allylic oxidation sites excluding steroid dienone is 3. The molecule has 6 heteroatoms. The molecule has 3 aromatic rings. The number of hydrogen-bond donors (Lipinski definition) is 0. The van der Waals surface area contributed by atoms with E-state index in [0.29, 0.717) is 17.1 Å². The number of carbonyl (C=O) groups is 3. The average Bonchev–Trinajstić information content (AvgIpc) is 2.92. The van der Waals surface area contributed by atoms with Crippen LogP contribution in [0.25, 0.3) is 21.9 Å². The Hall–Kier alpha value is -4.45. The van der Waals surface area contributed by atoms with Gasteiger partial charge in [-0.1, -0.05) is 48.6 Å². The summed E-state index contributed by atoms with van der Waals surface area (Å²) in [6.07, 6.45) is 2.60. The van der Waals surface area contributed by atoms with Crippen molar-refractivity contribution in [2.45, 2.75) is 34.6 Å². The van der Waals surface area contributed by atoms with Crippen LogP contribution >= 0.6 is 0 Å². The van der Waals surface area contributed by atoms with E-state index in [9.17, 15) is 9.59 Å². The molecular weight excluding hydrogens is 480 g/mol. The Morgan fingerprint density at radius 3 is 1.82 bits per heavy atom. The molecule has 0 N–H and O–H groups in total. The minimum absolute atomic E-state index is 0.342. The van der Waals surface area contributed by atoms with E-state index in [1.807, 2.05) is 70.0 Å². The quantitative estimate of drug-likeness (QED) is 0.110. The van der Waals surface area contributed by atoms with Crippen molar-refractivity contribution in [1.29, 1.82) is 0 Å². The zero-order valence-corrected chi connectivity index (χ0v) is 23.4. The van der Waals surface area contributed by atoms with Gasteiger partial charge in [0, 0.05) is 22.6 Å². The summed E-state index contributed by atoms with van der Waals surface area (Å²) >= 11 is 0. The van der Waals surface area contributed by atoms with Crippen LogP contribution in [-0.4, -0.2) is 33.3 Å². The number of esters is 1. The van der Waals surface area contributed by atoms with Crippen molar-refractivity contribution in [2.75, 3.05) is 14.2 Å². The highest BCUT2D eigenvalue weighted by Crippen LogP contribution is 2.39. The lowest BCUT2D eigenvalue weighted by molar-refractivity contribution is -0.130. The molecular formula is C32H38O6. The zero-order chi connectivity index (χ0) is 29.3. The molecule has 0 fully saturated rings. The third-order valence-corrected chi connectivity index (χ3v) is 4.77. The second-order valence-corrected chi connectivity index (χ2v) is 8.25. The van der Waals surface area contributed by atoms with Gasteiger partial charge in [-0.25, -0.2) is 4.79 Å². The van der Waals surface area contributed by atoms with Crippen molar-refractivity contribution in [1.82, 2.24) is 0 Å². The number of carbonyl (C=O) groups excluding carboxylic acids is 3. The predicted molar refractivity (Wildman–Crippen MR) is 156 cm³/mol. The largest absolute Gasteiger partial charge is 0.496 e. The Bertz CT molecular complexity index is 1270. The van der Waals surface area contributed by atoms with Gasteiger partial charge in [-0.2, -0.15) is 0 Å². The summed E-state index contributed by atoms with van der Waals surface area (Å²) in [6, 6.07) is 17.3. The maximum atomic E-state index is 11.7. The van der Waals surface area contributed by atoms with Crippen molar-refractivity contribution < 1.29 is 28.6 Å². The topological polar surface area (TPSA) is 78.9 Å². The third kappa shape index (κ3) is 10.7. The van der Waals surface area contributed by atoms with Crippen molar-refractivity contribution in [3.8, 4) is 28.4 Å². The highest BCUT2D eigenvalue weighted by atomic mass is 16.5. The lowest BCUT2D eigenvalue weighted by atomic mass is 9.97. The summed E-state index contributed by atoms with van der Waals surface area (Å²) in [4.78, 5) is 29.4. The normalized spacial score (nSPS) is 9.71. The Morgan fingerprint density at radius 1 is 0.789 bits per heavy atom. The molecule has 0 aliphatic carbocycles. The summed E-state index contributed by atoms with van der Waals surface area (Å²) in [6.45, 7) is 18.3. The molecule has 202 valence electrons. The van der Waals surface area contributed by atoms with Gasteiger partial charge in [-0.15, -0.1) is 6.58 Å². The van der Waals surface area contributed by atoms with Crippen molar-refractivity contribution in [3.63, 3.8) is 0 Å². The van der Waals surface area contributed by atoms with Crippen LogP contribution in [-0.2, 0) is 14.4 Å². The molecule has 0 unspecified atom stereocenters. The molecule has 3 rings (SSSR count). The fraction of sp³-hybridized carbons (Fsp3) is 0.219. The minimum atomic E-state index is -0.463. The smallest absolute Gasteiger partial charge is 0.338 e. The molecule has 6 nitrogen and oxygen atoms in total. The first kappa shape index (κ1) is 33.5. The molecule has 0 spiro atoms. The van der Waals surface area contributed by atoms with E-state index in [2.05, 4.69) is 13.2 Å². The van der Waals surface area contributed by atoms with Gasteiger partial charge in [0.15, 0.2) is 0 Å². The van der Waals surface area contributed by atoms with Gasteiger partial charge in [0.1, 0.15) is 30.3 Å². The summed E-state index contributed by atoms with van der Waals surface area (Å²) in [5.41, 5.74) is 4.21. The highest BCUT2D eigenvalue weighted by Gasteiger charge is 2.14. The molecule has 0 heterocycles. The molecule has 0 atom stereocenters. The van der Waals surface area contributed by atoms with E-state index in [4.69, 9.17) is 19.0 Å². The number of ether oxygens (including phenoxy) is 3. The van der Waals surface area contributed by atoms with E-state index >= 15 is 0 Å². The lowest BCUT2D eigenvalue weighted by Gasteiger charge is -2.14. The molecule has 38 heavy (non-hydrogen) atoms. The minimum Gasteiger partial charge on any atom is -0.496 e. The fourth-order valence-electron chi connectivity index (χ4n) is 2.91. The Labute approximate surface area is 226 Å². The van der Waals surface area contributed by atoms with E-state index in [1.54, 1.807) is 46.3 Å². The van der Waals surface area contributed by atoms with E-state index in [0.717, 1.165) is 39.5 Å². The van der Waals surface area contributed by atoms with Gasteiger partial charge >= 0.3 is 5.97 Å². The zero-order valence-electron chi connectivity index (χ0n) is 23.4. The predicted octanol–water partition coefficient (Wildman–Crippen LogP) is 7.55. The highest BCUT2D eigenvalue weighted by molar-refractivity contribution is 6.01. The van der Waals surface area contributed by atoms with Crippen molar-refractivity contribution in [3.05, 3.63) is 90.6 Å². The van der Waals surface area contributed by atoms with Crippen LogP contribution in [0.3, 0.4) is 0 Å². The number of methoxy groups -OCH3 is 2. The van der Waals surface area contributed by atoms with Crippen molar-refractivity contribution in [2.24, 2.45) is 0 Å². The van der Waals surface area contributed by atoms with Crippen LogP contribution in [0.1, 0.15) is 34.6 Å². The van der Waals surface area contributed by atoms with E-state index in [1.165, 1.54) is 5.57 Å². The third-order valence-electron chi connectivity index (χ3n) is 4.77. The Morgan fingerprint density at radius 2 is 1.34 bits per heavy atom. The standard InChI is InChI=1S/C22H20O4.C5H8O.C4H8.CH2O/c1-14(2)22(23)26-15-11-12-19(21(13-15)25-4)17-7-5-9-18-16(17)8-6-10-20(18)24-3;1-3-5(2)4-6;1-4(2)3;1-2/h5-13H,1H2,2-4H3;3-4H,1-2H3;1H2,2-3H3;1H2/b;5-3+;;. The maximum absolute atomic E-state index is 11.7. The van der Waals surface area contributed by atoms with Gasteiger partial charge < -0.3 is 19.0 Å². The van der Waals surface area contributed by atoms with Gasteiger partial charge in [-0.05, 0) is 69.3 Å². The summed E-state index contributed by atoms with van der Waals surface area (Å²) in [7, 11) is 3.25. The van der Waals surface area contributed by atoms with Crippen molar-refractivity contribution >= 4 is 29.8 Å². The van der Waals surface area contributed by atoms with Gasteiger partial charge in [0.05, 0.1) is 14.2 Å². The molecule has 0 radical (unpaired) electrons. The molecule has 0 saturated carbocycles. The van der Waals surface area contributed by atoms with Crippen LogP contribution in [0, 0.1) is 0 Å². The molecule has 0 aliphatic heterocycles. The van der Waals surface area contributed by atoms with Crippen LogP contribution in [0.15, 0.2) is 90.6 Å². The van der Waals surface area contributed by atoms with Crippen LogP contribution in [0.5, 0.6) is 17.2 Å². The fourth-order valence-corrected chi connectivity index (χ4v) is 2.91. The molecule has 0 aromatic heterocycles. The SMILES string of the molecule is C/C=C(\C)C=O.C=C(C)C.C=C(C)C(=O)Oc1ccc(-c2cccc3c(OC)cccc23)c(OC)c1.C=O. The van der Waals surface area contributed by atoms with Crippen LogP contribution in [0.2, 0.25) is 0 Å². The summed E-state index contributed by atoms with van der Waals surface area (Å²) < 4.78 is 16.3. The van der Waals surface area contributed by atoms with Gasteiger partial charge in [-0.3, -0.25) is 4.79 Å². The molecule has 3 aromatic carbocycles. The first-order chi connectivity index (χ1) is 18.1. The second kappa shape index (κ2) is 17.9. The lowest BCUT2D eigenvalue weighted by Crippen LogP contribution is -2.08. The number of rotatable bonds is 6. The number of aldehydes is 1. The molecule has 0 aliphatic rings. The van der Waals surface area contributed by atoms with E-state index < -0.39 is 5.97 Å². The molecule has 0 saturated heterocycles. The van der Waals surface area contributed by atoms with E-state index in [-0.39, 0.29) is 0 Å². The second-order valence-electron chi connectivity index (χ2n) is 8.25. The monoisotopic (exact) mass is 518 g/mol. The Balaban J connectivity index is 0.000000964. The molecule has 0 bridgehead atoms. The summed E-state index contributed by atoms with van der Waals surface area (Å²) in [5.74, 6) is 1.38. The van der Waals surface area contributed by atoms with Gasteiger partial charge in [0.2, 0.25) is 0 Å². The van der Waals surface area contributed by atoms with Gasteiger partial charge in [0.25, 0.3) is 0 Å². The van der Waals surface area contributed by atoms with Crippen LogP contribution < -0.4 is 14.2 Å².